The Balaban J connectivity index is 2.53. The summed E-state index contributed by atoms with van der Waals surface area (Å²) in [6.07, 6.45) is 4.55. The summed E-state index contributed by atoms with van der Waals surface area (Å²) in [7, 11) is 1.62. The van der Waals surface area contributed by atoms with Crippen molar-refractivity contribution in [3.63, 3.8) is 0 Å². The van der Waals surface area contributed by atoms with Crippen molar-refractivity contribution in [3.05, 3.63) is 28.8 Å². The van der Waals surface area contributed by atoms with Crippen LogP contribution in [0.2, 0.25) is 0 Å². The van der Waals surface area contributed by atoms with Gasteiger partial charge in [-0.3, -0.25) is 0 Å². The monoisotopic (exact) mass is 304 g/mol. The van der Waals surface area contributed by atoms with E-state index in [4.69, 9.17) is 9.47 Å². The molecule has 0 bridgehead atoms. The molecular formula is C19H28O3. The summed E-state index contributed by atoms with van der Waals surface area (Å²) >= 11 is 0. The molecule has 0 fully saturated rings. The fourth-order valence-electron chi connectivity index (χ4n) is 3.31. The van der Waals surface area contributed by atoms with Gasteiger partial charge in [0.2, 0.25) is 0 Å². The average molecular weight is 304 g/mol. The van der Waals surface area contributed by atoms with E-state index in [2.05, 4.69) is 39.8 Å². The molecule has 0 atom stereocenters. The Bertz CT molecular complexity index is 544. The van der Waals surface area contributed by atoms with Crippen molar-refractivity contribution in [1.29, 1.82) is 0 Å². The standard InChI is InChI=1S/C19H28O3/c1-18(2)8-9-19(3,4)16-12-17(22-13-21-5)14(7-6-10-20)11-15(16)18/h10-12H,6-9,13H2,1-5H3. The van der Waals surface area contributed by atoms with E-state index < -0.39 is 0 Å². The zero-order valence-corrected chi connectivity index (χ0v) is 14.5. The van der Waals surface area contributed by atoms with Gasteiger partial charge in [-0.25, -0.2) is 0 Å². The molecular weight excluding hydrogens is 276 g/mol. The predicted octanol–water partition coefficient (Wildman–Crippen LogP) is 4.15. The van der Waals surface area contributed by atoms with E-state index in [0.29, 0.717) is 12.8 Å². The number of hydrogen-bond acceptors (Lipinski definition) is 3. The molecule has 1 aliphatic carbocycles. The lowest BCUT2D eigenvalue weighted by molar-refractivity contribution is -0.107. The average Bonchev–Trinajstić information content (AvgIpc) is 2.47. The molecule has 1 aliphatic rings. The third-order valence-corrected chi connectivity index (χ3v) is 4.90. The van der Waals surface area contributed by atoms with Crippen LogP contribution in [0.1, 0.15) is 63.6 Å². The fourth-order valence-corrected chi connectivity index (χ4v) is 3.31. The van der Waals surface area contributed by atoms with Gasteiger partial charge in [0.25, 0.3) is 0 Å². The molecule has 0 heterocycles. The smallest absolute Gasteiger partial charge is 0.188 e. The first kappa shape index (κ1) is 17.0. The lowest BCUT2D eigenvalue weighted by Crippen LogP contribution is -2.34. The maximum Gasteiger partial charge on any atom is 0.188 e. The van der Waals surface area contributed by atoms with Crippen LogP contribution in [0.5, 0.6) is 5.75 Å². The van der Waals surface area contributed by atoms with Crippen molar-refractivity contribution in [2.24, 2.45) is 0 Å². The molecule has 0 N–H and O–H groups in total. The Morgan fingerprint density at radius 1 is 1.09 bits per heavy atom. The highest BCUT2D eigenvalue weighted by Crippen LogP contribution is 2.47. The molecule has 1 aromatic rings. The van der Waals surface area contributed by atoms with Gasteiger partial charge in [-0.1, -0.05) is 33.8 Å². The molecule has 1 aromatic carbocycles. The molecule has 0 amide bonds. The molecule has 22 heavy (non-hydrogen) atoms. The number of carbonyl (C=O) groups is 1. The summed E-state index contributed by atoms with van der Waals surface area (Å²) < 4.78 is 10.8. The Labute approximate surface area is 134 Å². The second-order valence-corrected chi connectivity index (χ2v) is 7.53. The number of methoxy groups -OCH3 is 1. The Kier molecular flexibility index (Phi) is 4.96. The van der Waals surface area contributed by atoms with Crippen molar-refractivity contribution in [2.75, 3.05) is 13.9 Å². The van der Waals surface area contributed by atoms with E-state index in [0.717, 1.165) is 17.6 Å². The minimum absolute atomic E-state index is 0.152. The largest absolute Gasteiger partial charge is 0.467 e. The zero-order valence-electron chi connectivity index (χ0n) is 14.5. The van der Waals surface area contributed by atoms with Gasteiger partial charge in [-0.15, -0.1) is 0 Å². The first-order chi connectivity index (χ1) is 10.3. The first-order valence-corrected chi connectivity index (χ1v) is 8.05. The number of carbonyl (C=O) groups excluding carboxylic acids is 1. The van der Waals surface area contributed by atoms with E-state index in [9.17, 15) is 4.79 Å². The number of ether oxygens (including phenoxy) is 2. The highest BCUT2D eigenvalue weighted by Gasteiger charge is 2.37. The maximum absolute atomic E-state index is 10.8. The summed E-state index contributed by atoms with van der Waals surface area (Å²) in [6, 6.07) is 4.43. The van der Waals surface area contributed by atoms with Gasteiger partial charge >= 0.3 is 0 Å². The summed E-state index contributed by atoms with van der Waals surface area (Å²) in [6.45, 7) is 9.44. The van der Waals surface area contributed by atoms with Crippen molar-refractivity contribution < 1.29 is 14.3 Å². The third kappa shape index (κ3) is 3.35. The van der Waals surface area contributed by atoms with Crippen molar-refractivity contribution in [1.82, 2.24) is 0 Å². The quantitative estimate of drug-likeness (QED) is 0.585. The number of aryl methyl sites for hydroxylation is 1. The molecule has 2 rings (SSSR count). The highest BCUT2D eigenvalue weighted by molar-refractivity contribution is 5.54. The Morgan fingerprint density at radius 2 is 1.68 bits per heavy atom. The second kappa shape index (κ2) is 6.41. The van der Waals surface area contributed by atoms with Crippen LogP contribution in [0, 0.1) is 0 Å². The minimum atomic E-state index is 0.152. The number of fused-ring (bicyclic) bond motifs is 1. The van der Waals surface area contributed by atoms with Crippen LogP contribution in [-0.2, 0) is 26.8 Å². The van der Waals surface area contributed by atoms with Gasteiger partial charge in [0, 0.05) is 13.5 Å². The van der Waals surface area contributed by atoms with E-state index in [1.165, 1.54) is 24.0 Å². The Hall–Kier alpha value is -1.35. The number of aldehydes is 1. The molecule has 0 aliphatic heterocycles. The van der Waals surface area contributed by atoms with Crippen molar-refractivity contribution in [3.8, 4) is 5.75 Å². The lowest BCUT2D eigenvalue weighted by Gasteiger charge is -2.42. The number of hydrogen-bond donors (Lipinski definition) is 0. The molecule has 3 heteroatoms. The van der Waals surface area contributed by atoms with Crippen molar-refractivity contribution in [2.45, 2.75) is 64.2 Å². The molecule has 0 saturated heterocycles. The lowest BCUT2D eigenvalue weighted by atomic mass is 9.63. The van der Waals surface area contributed by atoms with Crippen LogP contribution < -0.4 is 4.74 Å². The van der Waals surface area contributed by atoms with Gasteiger partial charge in [-0.05, 0) is 52.8 Å². The van der Waals surface area contributed by atoms with Gasteiger partial charge in [0.15, 0.2) is 6.79 Å². The van der Waals surface area contributed by atoms with Crippen LogP contribution in [-0.4, -0.2) is 20.2 Å². The van der Waals surface area contributed by atoms with Gasteiger partial charge in [-0.2, -0.15) is 0 Å². The normalized spacial score (nSPS) is 18.6. The summed E-state index contributed by atoms with van der Waals surface area (Å²) in [5.41, 5.74) is 4.19. The SMILES string of the molecule is COCOc1cc2c(cc1CCC=O)C(C)(C)CCC2(C)C. The molecule has 0 spiro atoms. The molecule has 122 valence electrons. The van der Waals surface area contributed by atoms with Crippen LogP contribution in [0.4, 0.5) is 0 Å². The first-order valence-electron chi connectivity index (χ1n) is 8.05. The van der Waals surface area contributed by atoms with Gasteiger partial charge < -0.3 is 14.3 Å². The van der Waals surface area contributed by atoms with Crippen LogP contribution in [0.25, 0.3) is 0 Å². The summed E-state index contributed by atoms with van der Waals surface area (Å²) in [5, 5.41) is 0. The molecule has 3 nitrogen and oxygen atoms in total. The minimum Gasteiger partial charge on any atom is -0.467 e. The van der Waals surface area contributed by atoms with E-state index in [1.807, 2.05) is 0 Å². The zero-order chi connectivity index (χ0) is 16.4. The van der Waals surface area contributed by atoms with Gasteiger partial charge in [0.1, 0.15) is 12.0 Å². The molecule has 0 aromatic heterocycles. The van der Waals surface area contributed by atoms with Crippen LogP contribution >= 0.6 is 0 Å². The summed E-state index contributed by atoms with van der Waals surface area (Å²) in [5.74, 6) is 0.855. The highest BCUT2D eigenvalue weighted by atomic mass is 16.7. The molecule has 0 radical (unpaired) electrons. The topological polar surface area (TPSA) is 35.5 Å². The number of rotatable bonds is 6. The molecule has 0 saturated carbocycles. The molecule has 0 unspecified atom stereocenters. The predicted molar refractivity (Wildman–Crippen MR) is 88.6 cm³/mol. The van der Waals surface area contributed by atoms with Gasteiger partial charge in [0.05, 0.1) is 0 Å². The van der Waals surface area contributed by atoms with Crippen LogP contribution in [0.3, 0.4) is 0 Å². The van der Waals surface area contributed by atoms with Crippen molar-refractivity contribution >= 4 is 6.29 Å². The fraction of sp³-hybridized carbons (Fsp3) is 0.632. The Morgan fingerprint density at radius 3 is 2.23 bits per heavy atom. The maximum atomic E-state index is 10.8. The van der Waals surface area contributed by atoms with E-state index >= 15 is 0 Å². The van der Waals surface area contributed by atoms with Crippen LogP contribution in [0.15, 0.2) is 12.1 Å². The third-order valence-electron chi connectivity index (χ3n) is 4.90. The van der Waals surface area contributed by atoms with E-state index in [-0.39, 0.29) is 17.6 Å². The van der Waals surface area contributed by atoms with E-state index in [1.54, 1.807) is 7.11 Å². The second-order valence-electron chi connectivity index (χ2n) is 7.53. The number of benzene rings is 1. The summed E-state index contributed by atoms with van der Waals surface area (Å²) in [4.78, 5) is 10.8.